The van der Waals surface area contributed by atoms with E-state index < -0.39 is 51.3 Å². The van der Waals surface area contributed by atoms with E-state index in [0.29, 0.717) is 25.3 Å². The predicted molar refractivity (Wildman–Crippen MR) is 150 cm³/mol. The number of fused-ring (bicyclic) bond motifs is 6. The van der Waals surface area contributed by atoms with Crippen LogP contribution in [0, 0.1) is 5.82 Å². The maximum atomic E-state index is 16.6. The lowest BCUT2D eigenvalue weighted by Crippen LogP contribution is -2.60. The smallest absolute Gasteiger partial charge is 0.418 e. The lowest BCUT2D eigenvalue weighted by Gasteiger charge is -2.40. The van der Waals surface area contributed by atoms with Gasteiger partial charge in [0.05, 0.1) is 22.2 Å². The maximum Gasteiger partial charge on any atom is 0.418 e. The Balaban J connectivity index is 1.31. The van der Waals surface area contributed by atoms with Crippen molar-refractivity contribution in [2.45, 2.75) is 68.1 Å². The zero-order chi connectivity index (χ0) is 30.5. The van der Waals surface area contributed by atoms with Gasteiger partial charge in [-0.3, -0.25) is 4.90 Å². The predicted octanol–water partition coefficient (Wildman–Crippen LogP) is 4.87. The number of pyridine rings is 1. The Morgan fingerprint density at radius 1 is 1.18 bits per heavy atom. The minimum Gasteiger partial charge on any atom is -0.508 e. The third-order valence-electron chi connectivity index (χ3n) is 9.78. The van der Waals surface area contributed by atoms with Crippen LogP contribution in [0.4, 0.5) is 27.8 Å². The minimum atomic E-state index is -4.99. The van der Waals surface area contributed by atoms with Gasteiger partial charge in [0.1, 0.15) is 47.5 Å². The number of piperazine rings is 1. The quantitative estimate of drug-likeness (QED) is 0.388. The summed E-state index contributed by atoms with van der Waals surface area (Å²) in [6, 6.07) is 1.33. The molecule has 44 heavy (non-hydrogen) atoms. The molecule has 0 unspecified atom stereocenters. The maximum absolute atomic E-state index is 16.6. The van der Waals surface area contributed by atoms with Gasteiger partial charge >= 0.3 is 12.2 Å². The highest BCUT2D eigenvalue weighted by atomic mass is 35.5. The van der Waals surface area contributed by atoms with Gasteiger partial charge in [0.2, 0.25) is 5.88 Å². The SMILES string of the molecule is Oc1cc(Cl)c(C(F)(F)F)c(-c2nc3c4c(nc(OC[C@@]56CCCN5C[C@@H](F)C6)nc4c2F)N2C[C@@H]4CC[C@@H](N4)[C@H]2CO3)c1. The zero-order valence-corrected chi connectivity index (χ0v) is 24.1. The van der Waals surface area contributed by atoms with Crippen LogP contribution < -0.4 is 19.7 Å². The molecule has 2 N–H and O–H groups in total. The molecule has 4 saturated heterocycles. The molecule has 2 bridgehead atoms. The van der Waals surface area contributed by atoms with E-state index in [0.717, 1.165) is 44.4 Å². The number of anilines is 1. The number of ether oxygens (including phenoxy) is 2. The molecular formula is C29H28ClF5N6O3. The topological polar surface area (TPSA) is 95.9 Å². The van der Waals surface area contributed by atoms with E-state index >= 15 is 4.39 Å². The summed E-state index contributed by atoms with van der Waals surface area (Å²) in [6.45, 7) is 1.80. The van der Waals surface area contributed by atoms with Crippen LogP contribution in [0.5, 0.6) is 17.6 Å². The highest BCUT2D eigenvalue weighted by molar-refractivity contribution is 6.32. The van der Waals surface area contributed by atoms with Gasteiger partial charge in [0.25, 0.3) is 0 Å². The second-order valence-corrected chi connectivity index (χ2v) is 12.8. The summed E-state index contributed by atoms with van der Waals surface area (Å²) in [5.74, 6) is -1.58. The van der Waals surface area contributed by atoms with Crippen LogP contribution in [0.25, 0.3) is 22.2 Å². The van der Waals surface area contributed by atoms with Crippen LogP contribution in [0.3, 0.4) is 0 Å². The average molecular weight is 639 g/mol. The molecule has 0 amide bonds. The largest absolute Gasteiger partial charge is 0.508 e. The van der Waals surface area contributed by atoms with E-state index in [1.807, 2.05) is 4.90 Å². The first kappa shape index (κ1) is 28.3. The van der Waals surface area contributed by atoms with Crippen molar-refractivity contribution in [3.05, 3.63) is 28.5 Å². The Bertz CT molecular complexity index is 1680. The van der Waals surface area contributed by atoms with Gasteiger partial charge in [-0.1, -0.05) is 11.6 Å². The number of phenolic OH excluding ortho intramolecular Hbond substituents is 1. The van der Waals surface area contributed by atoms with Crippen LogP contribution in [-0.2, 0) is 6.18 Å². The van der Waals surface area contributed by atoms with Gasteiger partial charge in [0.15, 0.2) is 5.82 Å². The number of benzene rings is 1. The molecule has 3 aromatic rings. The molecule has 1 aromatic carbocycles. The van der Waals surface area contributed by atoms with Crippen molar-refractivity contribution >= 4 is 28.3 Å². The standard InChI is InChI=1S/C29H28ClF5N6O3/c30-17-7-15(42)6-16(21(17)29(33,34)35)23-22(32)24-20-25(41-10-14-2-3-18(36-14)19(41)11-43-26(20)37-23)39-27(38-24)44-12-28-4-1-5-40(28)9-13(31)8-28/h6-7,13-14,18-19,36,42H,1-5,8-12H2/t13-,14-,18+,19+,28-/m0/s1. The summed E-state index contributed by atoms with van der Waals surface area (Å²) < 4.78 is 85.8. The Kier molecular flexibility index (Phi) is 6.35. The van der Waals surface area contributed by atoms with Crippen molar-refractivity contribution in [1.29, 1.82) is 0 Å². The number of nitrogens with zero attached hydrogens (tertiary/aromatic N) is 5. The molecule has 0 radical (unpaired) electrons. The molecule has 0 saturated carbocycles. The fourth-order valence-electron chi connectivity index (χ4n) is 7.88. The average Bonchev–Trinajstić information content (AvgIpc) is 3.59. The summed E-state index contributed by atoms with van der Waals surface area (Å²) in [5, 5.41) is 13.0. The molecule has 5 atom stereocenters. The lowest BCUT2D eigenvalue weighted by atomic mass is 9.95. The van der Waals surface area contributed by atoms with Crippen LogP contribution in [0.2, 0.25) is 5.02 Å². The van der Waals surface area contributed by atoms with Crippen molar-refractivity contribution < 1.29 is 36.5 Å². The zero-order valence-electron chi connectivity index (χ0n) is 23.3. The van der Waals surface area contributed by atoms with E-state index in [4.69, 9.17) is 26.1 Å². The minimum absolute atomic E-state index is 0.0504. The van der Waals surface area contributed by atoms with Crippen LogP contribution in [0.15, 0.2) is 12.1 Å². The van der Waals surface area contributed by atoms with Gasteiger partial charge < -0.3 is 24.8 Å². The van der Waals surface area contributed by atoms with Crippen molar-refractivity contribution in [3.8, 4) is 28.9 Å². The number of halogens is 6. The number of aromatic hydroxyl groups is 1. The molecule has 9 nitrogen and oxygen atoms in total. The fraction of sp³-hybridized carbons (Fsp3) is 0.552. The second kappa shape index (κ2) is 9.88. The van der Waals surface area contributed by atoms with Crippen LogP contribution in [-0.4, -0.2) is 87.6 Å². The number of nitrogens with one attached hydrogen (secondary N) is 1. The Hall–Kier alpha value is -3.23. The van der Waals surface area contributed by atoms with E-state index in [9.17, 15) is 22.7 Å². The molecule has 2 aromatic heterocycles. The van der Waals surface area contributed by atoms with E-state index in [-0.39, 0.29) is 54.1 Å². The van der Waals surface area contributed by atoms with Crippen molar-refractivity contribution in [3.63, 3.8) is 0 Å². The Morgan fingerprint density at radius 2 is 2.02 bits per heavy atom. The third-order valence-corrected chi connectivity index (χ3v) is 10.1. The molecule has 4 fully saturated rings. The van der Waals surface area contributed by atoms with E-state index in [1.54, 1.807) is 0 Å². The molecule has 5 aliphatic rings. The van der Waals surface area contributed by atoms with Gasteiger partial charge in [-0.25, -0.2) is 13.8 Å². The summed E-state index contributed by atoms with van der Waals surface area (Å²) in [7, 11) is 0. The highest BCUT2D eigenvalue weighted by Crippen LogP contribution is 2.48. The Labute approximate surface area is 253 Å². The van der Waals surface area contributed by atoms with Gasteiger partial charge in [-0.15, -0.1) is 0 Å². The van der Waals surface area contributed by atoms with E-state index in [2.05, 4.69) is 20.2 Å². The molecule has 5 aliphatic heterocycles. The Morgan fingerprint density at radius 3 is 2.84 bits per heavy atom. The summed E-state index contributed by atoms with van der Waals surface area (Å²) in [6.07, 6.45) is -2.22. The summed E-state index contributed by atoms with van der Waals surface area (Å²) in [4.78, 5) is 17.4. The number of phenols is 1. The molecular weight excluding hydrogens is 611 g/mol. The molecule has 0 aliphatic carbocycles. The van der Waals surface area contributed by atoms with Gasteiger partial charge in [-0.2, -0.15) is 23.1 Å². The molecule has 0 spiro atoms. The molecule has 8 rings (SSSR count). The first-order chi connectivity index (χ1) is 21.0. The molecule has 15 heteroatoms. The van der Waals surface area contributed by atoms with Crippen molar-refractivity contribution in [1.82, 2.24) is 25.2 Å². The van der Waals surface area contributed by atoms with Crippen LogP contribution >= 0.6 is 11.6 Å². The molecule has 7 heterocycles. The monoisotopic (exact) mass is 638 g/mol. The second-order valence-electron chi connectivity index (χ2n) is 12.4. The fourth-order valence-corrected chi connectivity index (χ4v) is 8.20. The summed E-state index contributed by atoms with van der Waals surface area (Å²) in [5.41, 5.74) is -3.70. The van der Waals surface area contributed by atoms with E-state index in [1.165, 1.54) is 0 Å². The normalized spacial score (nSPS) is 29.5. The number of hydrogen-bond acceptors (Lipinski definition) is 9. The van der Waals surface area contributed by atoms with Crippen LogP contribution in [0.1, 0.15) is 37.7 Å². The molecule has 234 valence electrons. The first-order valence-electron chi connectivity index (χ1n) is 14.7. The first-order valence-corrected chi connectivity index (χ1v) is 15.1. The third kappa shape index (κ3) is 4.35. The van der Waals surface area contributed by atoms with Gasteiger partial charge in [0, 0.05) is 37.2 Å². The highest BCUT2D eigenvalue weighted by Gasteiger charge is 2.50. The lowest BCUT2D eigenvalue weighted by molar-refractivity contribution is -0.137. The summed E-state index contributed by atoms with van der Waals surface area (Å²) >= 11 is 5.93. The number of rotatable bonds is 4. The number of alkyl halides is 4. The van der Waals surface area contributed by atoms with Crippen molar-refractivity contribution in [2.75, 3.05) is 37.7 Å². The number of aromatic nitrogens is 3. The van der Waals surface area contributed by atoms with Gasteiger partial charge in [-0.05, 0) is 44.4 Å². The van der Waals surface area contributed by atoms with Crippen molar-refractivity contribution in [2.24, 2.45) is 0 Å². The number of hydrogen-bond donors (Lipinski definition) is 2.